The van der Waals surface area contributed by atoms with Crippen molar-refractivity contribution in [3.8, 4) is 5.88 Å². The number of carbonyl (C=O) groups is 1. The van der Waals surface area contributed by atoms with E-state index in [0.29, 0.717) is 11.3 Å². The van der Waals surface area contributed by atoms with Gasteiger partial charge in [0.25, 0.3) is 5.88 Å². The Morgan fingerprint density at radius 3 is 2.72 bits per heavy atom. The molecule has 0 N–H and O–H groups in total. The second-order valence-corrected chi connectivity index (χ2v) is 3.59. The highest BCUT2D eigenvalue weighted by Gasteiger charge is 2.22. The standard InChI is InChI=1S/C11H14N2O5/c1-4-17-9(14)6-18-11-10(13(15)16)7(2)5-8(3)12-11/h5H,4,6H2,1-3H3. The van der Waals surface area contributed by atoms with Crippen molar-refractivity contribution in [1.82, 2.24) is 4.98 Å². The predicted molar refractivity (Wildman–Crippen MR) is 62.5 cm³/mol. The molecule has 1 rings (SSSR count). The van der Waals surface area contributed by atoms with Gasteiger partial charge in [-0.15, -0.1) is 0 Å². The molecule has 0 radical (unpaired) electrons. The fourth-order valence-electron chi connectivity index (χ4n) is 1.45. The Labute approximate surface area is 104 Å². The first-order valence-electron chi connectivity index (χ1n) is 5.36. The minimum absolute atomic E-state index is 0.162. The van der Waals surface area contributed by atoms with Gasteiger partial charge in [-0.2, -0.15) is 0 Å². The van der Waals surface area contributed by atoms with E-state index in [9.17, 15) is 14.9 Å². The summed E-state index contributed by atoms with van der Waals surface area (Å²) in [6.07, 6.45) is 0. The van der Waals surface area contributed by atoms with Gasteiger partial charge in [-0.1, -0.05) is 0 Å². The molecule has 0 fully saturated rings. The molecule has 0 spiro atoms. The summed E-state index contributed by atoms with van der Waals surface area (Å²) in [6, 6.07) is 1.58. The largest absolute Gasteiger partial charge is 0.463 e. The van der Waals surface area contributed by atoms with E-state index in [1.54, 1.807) is 26.8 Å². The van der Waals surface area contributed by atoms with Crippen LogP contribution < -0.4 is 4.74 Å². The molecule has 0 atom stereocenters. The van der Waals surface area contributed by atoms with Crippen molar-refractivity contribution in [2.45, 2.75) is 20.8 Å². The van der Waals surface area contributed by atoms with Gasteiger partial charge < -0.3 is 9.47 Å². The summed E-state index contributed by atoms with van der Waals surface area (Å²) in [5, 5.41) is 10.9. The second-order valence-electron chi connectivity index (χ2n) is 3.59. The highest BCUT2D eigenvalue weighted by Crippen LogP contribution is 2.28. The van der Waals surface area contributed by atoms with Crippen molar-refractivity contribution in [1.29, 1.82) is 0 Å². The zero-order valence-electron chi connectivity index (χ0n) is 10.4. The maximum Gasteiger partial charge on any atom is 0.344 e. The van der Waals surface area contributed by atoms with Crippen LogP contribution in [0, 0.1) is 24.0 Å². The Morgan fingerprint density at radius 1 is 1.50 bits per heavy atom. The molecule has 18 heavy (non-hydrogen) atoms. The number of rotatable bonds is 5. The van der Waals surface area contributed by atoms with Crippen molar-refractivity contribution in [3.63, 3.8) is 0 Å². The maximum atomic E-state index is 11.1. The lowest BCUT2D eigenvalue weighted by molar-refractivity contribution is -0.386. The first kappa shape index (κ1) is 13.9. The van der Waals surface area contributed by atoms with Gasteiger partial charge in [-0.25, -0.2) is 9.78 Å². The highest BCUT2D eigenvalue weighted by molar-refractivity contribution is 5.71. The summed E-state index contributed by atoms with van der Waals surface area (Å²) >= 11 is 0. The number of hydrogen-bond donors (Lipinski definition) is 0. The fourth-order valence-corrected chi connectivity index (χ4v) is 1.45. The van der Waals surface area contributed by atoms with Crippen molar-refractivity contribution in [2.24, 2.45) is 0 Å². The molecule has 98 valence electrons. The Kier molecular flexibility index (Phi) is 4.59. The summed E-state index contributed by atoms with van der Waals surface area (Å²) in [5.41, 5.74) is 0.785. The third kappa shape index (κ3) is 3.41. The lowest BCUT2D eigenvalue weighted by atomic mass is 10.2. The van der Waals surface area contributed by atoms with E-state index in [0.717, 1.165) is 0 Å². The van der Waals surface area contributed by atoms with Crippen molar-refractivity contribution in [2.75, 3.05) is 13.2 Å². The smallest absolute Gasteiger partial charge is 0.344 e. The fraction of sp³-hybridized carbons (Fsp3) is 0.455. The third-order valence-corrected chi connectivity index (χ3v) is 2.09. The normalized spacial score (nSPS) is 9.94. The number of pyridine rings is 1. The van der Waals surface area contributed by atoms with Gasteiger partial charge in [-0.05, 0) is 26.8 Å². The number of nitro groups is 1. The molecular formula is C11H14N2O5. The van der Waals surface area contributed by atoms with Crippen LogP contribution in [-0.4, -0.2) is 29.1 Å². The first-order valence-corrected chi connectivity index (χ1v) is 5.36. The molecule has 0 aliphatic heterocycles. The van der Waals surface area contributed by atoms with Crippen LogP contribution in [0.25, 0.3) is 0 Å². The molecule has 7 heteroatoms. The predicted octanol–water partition coefficient (Wildman–Crippen LogP) is 1.55. The van der Waals surface area contributed by atoms with Gasteiger partial charge in [0.2, 0.25) is 0 Å². The number of nitrogens with zero attached hydrogens (tertiary/aromatic N) is 2. The van der Waals surface area contributed by atoms with Crippen LogP contribution in [0.4, 0.5) is 5.69 Å². The van der Waals surface area contributed by atoms with E-state index in [4.69, 9.17) is 4.74 Å². The highest BCUT2D eigenvalue weighted by atomic mass is 16.6. The topological polar surface area (TPSA) is 91.6 Å². The quantitative estimate of drug-likeness (QED) is 0.449. The second kappa shape index (κ2) is 5.95. The van der Waals surface area contributed by atoms with E-state index < -0.39 is 17.5 Å². The van der Waals surface area contributed by atoms with Crippen LogP contribution in [0.1, 0.15) is 18.2 Å². The molecule has 0 aromatic carbocycles. The molecule has 1 aromatic rings. The van der Waals surface area contributed by atoms with Crippen molar-refractivity contribution >= 4 is 11.7 Å². The molecule has 0 aliphatic carbocycles. The average molecular weight is 254 g/mol. The van der Waals surface area contributed by atoms with E-state index in [-0.39, 0.29) is 18.2 Å². The lowest BCUT2D eigenvalue weighted by Crippen LogP contribution is -2.16. The van der Waals surface area contributed by atoms with Gasteiger partial charge in [-0.3, -0.25) is 10.1 Å². The van der Waals surface area contributed by atoms with E-state index in [1.165, 1.54) is 0 Å². The van der Waals surface area contributed by atoms with Crippen LogP contribution >= 0.6 is 0 Å². The van der Waals surface area contributed by atoms with E-state index in [2.05, 4.69) is 9.72 Å². The summed E-state index contributed by atoms with van der Waals surface area (Å²) in [4.78, 5) is 25.4. The average Bonchev–Trinajstić information content (AvgIpc) is 2.25. The van der Waals surface area contributed by atoms with Crippen LogP contribution in [0.3, 0.4) is 0 Å². The third-order valence-electron chi connectivity index (χ3n) is 2.09. The lowest BCUT2D eigenvalue weighted by Gasteiger charge is -2.07. The van der Waals surface area contributed by atoms with Crippen LogP contribution in [0.2, 0.25) is 0 Å². The number of aromatic nitrogens is 1. The van der Waals surface area contributed by atoms with Crippen molar-refractivity contribution in [3.05, 3.63) is 27.4 Å². The van der Waals surface area contributed by atoms with Gasteiger partial charge in [0.1, 0.15) is 0 Å². The van der Waals surface area contributed by atoms with Crippen molar-refractivity contribution < 1.29 is 19.2 Å². The number of aryl methyl sites for hydroxylation is 2. The molecule has 1 aromatic heterocycles. The monoisotopic (exact) mass is 254 g/mol. The molecule has 0 saturated carbocycles. The summed E-state index contributed by atoms with van der Waals surface area (Å²) in [7, 11) is 0. The minimum Gasteiger partial charge on any atom is -0.463 e. The number of esters is 1. The summed E-state index contributed by atoms with van der Waals surface area (Å²) in [5.74, 6) is -0.752. The Balaban J connectivity index is 2.93. The van der Waals surface area contributed by atoms with Gasteiger partial charge >= 0.3 is 11.7 Å². The van der Waals surface area contributed by atoms with Crippen LogP contribution in [0.15, 0.2) is 6.07 Å². The molecule has 0 unspecified atom stereocenters. The molecule has 1 heterocycles. The van der Waals surface area contributed by atoms with E-state index in [1.807, 2.05) is 0 Å². The summed E-state index contributed by atoms with van der Waals surface area (Å²) in [6.45, 7) is 4.77. The molecule has 7 nitrogen and oxygen atoms in total. The molecule has 0 saturated heterocycles. The zero-order valence-corrected chi connectivity index (χ0v) is 10.4. The Morgan fingerprint density at radius 2 is 2.17 bits per heavy atom. The maximum absolute atomic E-state index is 11.1. The summed E-state index contributed by atoms with van der Waals surface area (Å²) < 4.78 is 9.71. The SMILES string of the molecule is CCOC(=O)COc1nc(C)cc(C)c1[N+](=O)[O-]. The number of hydrogen-bond acceptors (Lipinski definition) is 6. The van der Waals surface area contributed by atoms with Gasteiger partial charge in [0.05, 0.1) is 11.5 Å². The Hall–Kier alpha value is -2.18. The Bertz CT molecular complexity index is 473. The molecule has 0 aliphatic rings. The first-order chi connectivity index (χ1) is 8.45. The van der Waals surface area contributed by atoms with Gasteiger partial charge in [0.15, 0.2) is 6.61 Å². The zero-order chi connectivity index (χ0) is 13.7. The number of carbonyl (C=O) groups excluding carboxylic acids is 1. The van der Waals surface area contributed by atoms with E-state index >= 15 is 0 Å². The van der Waals surface area contributed by atoms with Gasteiger partial charge in [0, 0.05) is 11.3 Å². The van der Waals surface area contributed by atoms with Crippen LogP contribution in [0.5, 0.6) is 5.88 Å². The molecule has 0 bridgehead atoms. The van der Waals surface area contributed by atoms with Crippen LogP contribution in [-0.2, 0) is 9.53 Å². The number of ether oxygens (including phenoxy) is 2. The molecule has 0 amide bonds. The molecular weight excluding hydrogens is 240 g/mol. The minimum atomic E-state index is -0.590.